The smallest absolute Gasteiger partial charge is 0.169 e. The van der Waals surface area contributed by atoms with Crippen molar-refractivity contribution in [3.05, 3.63) is 0 Å². The molecule has 2 aliphatic carbocycles. The molecule has 0 heterocycles. The van der Waals surface area contributed by atoms with E-state index in [1.165, 1.54) is 19.3 Å². The second kappa shape index (κ2) is 5.65. The number of ether oxygens (including phenoxy) is 3. The first-order valence-corrected chi connectivity index (χ1v) is 6.67. The third-order valence-corrected chi connectivity index (χ3v) is 4.49. The standard InChI is InChI=1S/C13H25NO3/c1-4-17-11-8-10(13(11)6-5-7-13)14-9-12(15-2)16-3/h10-12,14H,4-9H2,1-3H3. The molecule has 100 valence electrons. The van der Waals surface area contributed by atoms with E-state index in [0.717, 1.165) is 19.6 Å². The van der Waals surface area contributed by atoms with Gasteiger partial charge in [0.1, 0.15) is 0 Å². The first kappa shape index (κ1) is 13.3. The molecule has 0 saturated heterocycles. The summed E-state index contributed by atoms with van der Waals surface area (Å²) in [5.74, 6) is 0. The Morgan fingerprint density at radius 1 is 1.29 bits per heavy atom. The van der Waals surface area contributed by atoms with Crippen LogP contribution < -0.4 is 5.32 Å². The van der Waals surface area contributed by atoms with Crippen LogP contribution in [-0.2, 0) is 14.2 Å². The lowest BCUT2D eigenvalue weighted by molar-refractivity contribution is -0.179. The predicted octanol–water partition coefficient (Wildman–Crippen LogP) is 1.54. The maximum atomic E-state index is 5.82. The minimum atomic E-state index is -0.140. The van der Waals surface area contributed by atoms with Gasteiger partial charge in [-0.2, -0.15) is 0 Å². The molecule has 0 aromatic carbocycles. The molecule has 4 nitrogen and oxygen atoms in total. The van der Waals surface area contributed by atoms with Gasteiger partial charge in [-0.1, -0.05) is 6.42 Å². The molecule has 0 aromatic heterocycles. The Kier molecular flexibility index (Phi) is 4.42. The highest BCUT2D eigenvalue weighted by Gasteiger charge is 2.58. The Balaban J connectivity index is 1.79. The molecule has 1 N–H and O–H groups in total. The quantitative estimate of drug-likeness (QED) is 0.689. The minimum Gasteiger partial charge on any atom is -0.378 e. The van der Waals surface area contributed by atoms with Crippen molar-refractivity contribution in [2.75, 3.05) is 27.4 Å². The highest BCUT2D eigenvalue weighted by atomic mass is 16.7. The molecule has 0 bridgehead atoms. The van der Waals surface area contributed by atoms with Crippen LogP contribution >= 0.6 is 0 Å². The van der Waals surface area contributed by atoms with Crippen LogP contribution in [0.1, 0.15) is 32.6 Å². The summed E-state index contributed by atoms with van der Waals surface area (Å²) in [4.78, 5) is 0. The van der Waals surface area contributed by atoms with E-state index in [4.69, 9.17) is 14.2 Å². The Morgan fingerprint density at radius 3 is 2.47 bits per heavy atom. The fraction of sp³-hybridized carbons (Fsp3) is 1.00. The zero-order chi connectivity index (χ0) is 12.3. The Morgan fingerprint density at radius 2 is 2.00 bits per heavy atom. The van der Waals surface area contributed by atoms with Gasteiger partial charge in [-0.25, -0.2) is 0 Å². The van der Waals surface area contributed by atoms with Crippen LogP contribution in [0.15, 0.2) is 0 Å². The van der Waals surface area contributed by atoms with Gasteiger partial charge in [0.25, 0.3) is 0 Å². The molecule has 17 heavy (non-hydrogen) atoms. The van der Waals surface area contributed by atoms with E-state index in [-0.39, 0.29) is 6.29 Å². The molecule has 0 aromatic rings. The Labute approximate surface area is 104 Å². The van der Waals surface area contributed by atoms with Gasteiger partial charge < -0.3 is 19.5 Å². The van der Waals surface area contributed by atoms with Gasteiger partial charge in [-0.3, -0.25) is 0 Å². The van der Waals surface area contributed by atoms with E-state index >= 15 is 0 Å². The molecule has 2 atom stereocenters. The number of hydrogen-bond acceptors (Lipinski definition) is 4. The Hall–Kier alpha value is -0.160. The van der Waals surface area contributed by atoms with Crippen LogP contribution in [-0.4, -0.2) is 45.8 Å². The molecule has 2 unspecified atom stereocenters. The molecule has 2 fully saturated rings. The van der Waals surface area contributed by atoms with Crippen molar-refractivity contribution in [1.82, 2.24) is 5.32 Å². The van der Waals surface area contributed by atoms with Gasteiger partial charge >= 0.3 is 0 Å². The monoisotopic (exact) mass is 243 g/mol. The summed E-state index contributed by atoms with van der Waals surface area (Å²) < 4.78 is 16.2. The van der Waals surface area contributed by atoms with Gasteiger partial charge in [-0.15, -0.1) is 0 Å². The van der Waals surface area contributed by atoms with Crippen molar-refractivity contribution in [3.8, 4) is 0 Å². The van der Waals surface area contributed by atoms with Crippen LogP contribution in [0.3, 0.4) is 0 Å². The molecule has 0 radical (unpaired) electrons. The molecule has 2 saturated carbocycles. The highest BCUT2D eigenvalue weighted by Crippen LogP contribution is 2.57. The van der Waals surface area contributed by atoms with E-state index in [0.29, 0.717) is 17.6 Å². The number of nitrogens with one attached hydrogen (secondary N) is 1. The molecular formula is C13H25NO3. The summed E-state index contributed by atoms with van der Waals surface area (Å²) >= 11 is 0. The lowest BCUT2D eigenvalue weighted by Gasteiger charge is -2.61. The topological polar surface area (TPSA) is 39.7 Å². The molecule has 0 amide bonds. The van der Waals surface area contributed by atoms with Crippen molar-refractivity contribution in [3.63, 3.8) is 0 Å². The van der Waals surface area contributed by atoms with E-state index in [2.05, 4.69) is 12.2 Å². The molecule has 4 heteroatoms. The molecule has 2 aliphatic rings. The lowest BCUT2D eigenvalue weighted by Crippen LogP contribution is -2.67. The summed E-state index contributed by atoms with van der Waals surface area (Å²) in [6.07, 6.45) is 5.42. The van der Waals surface area contributed by atoms with Crippen LogP contribution in [0.4, 0.5) is 0 Å². The second-order valence-electron chi connectivity index (χ2n) is 5.13. The summed E-state index contributed by atoms with van der Waals surface area (Å²) in [6.45, 7) is 3.68. The van der Waals surface area contributed by atoms with Gasteiger partial charge in [0.15, 0.2) is 6.29 Å². The third-order valence-electron chi connectivity index (χ3n) is 4.49. The molecule has 0 aliphatic heterocycles. The molecule has 1 spiro atoms. The van der Waals surface area contributed by atoms with Crippen molar-refractivity contribution in [1.29, 1.82) is 0 Å². The third kappa shape index (κ3) is 2.36. The van der Waals surface area contributed by atoms with Crippen LogP contribution in [0, 0.1) is 5.41 Å². The molecule has 2 rings (SSSR count). The largest absolute Gasteiger partial charge is 0.378 e. The highest BCUT2D eigenvalue weighted by molar-refractivity contribution is 5.12. The summed E-state index contributed by atoms with van der Waals surface area (Å²) in [5.41, 5.74) is 0.419. The summed E-state index contributed by atoms with van der Waals surface area (Å²) in [7, 11) is 3.36. The zero-order valence-electron chi connectivity index (χ0n) is 11.2. The van der Waals surface area contributed by atoms with Crippen molar-refractivity contribution < 1.29 is 14.2 Å². The van der Waals surface area contributed by atoms with E-state index in [1.807, 2.05) is 0 Å². The van der Waals surface area contributed by atoms with Crippen molar-refractivity contribution in [2.45, 2.75) is 51.0 Å². The average molecular weight is 243 g/mol. The second-order valence-corrected chi connectivity index (χ2v) is 5.13. The van der Waals surface area contributed by atoms with E-state index in [1.54, 1.807) is 14.2 Å². The van der Waals surface area contributed by atoms with Gasteiger partial charge in [-0.05, 0) is 26.2 Å². The van der Waals surface area contributed by atoms with E-state index < -0.39 is 0 Å². The van der Waals surface area contributed by atoms with Gasteiger partial charge in [0, 0.05) is 38.8 Å². The molecular weight excluding hydrogens is 218 g/mol. The number of methoxy groups -OCH3 is 2. The summed E-state index contributed by atoms with van der Waals surface area (Å²) in [5, 5.41) is 3.57. The number of rotatable bonds is 7. The Bertz CT molecular complexity index is 239. The zero-order valence-corrected chi connectivity index (χ0v) is 11.2. The van der Waals surface area contributed by atoms with E-state index in [9.17, 15) is 0 Å². The predicted molar refractivity (Wildman–Crippen MR) is 65.9 cm³/mol. The normalized spacial score (nSPS) is 30.4. The van der Waals surface area contributed by atoms with Crippen LogP contribution in [0.5, 0.6) is 0 Å². The fourth-order valence-electron chi connectivity index (χ4n) is 3.23. The van der Waals surface area contributed by atoms with Gasteiger partial charge in [0.05, 0.1) is 6.10 Å². The first-order chi connectivity index (χ1) is 8.26. The fourth-order valence-corrected chi connectivity index (χ4v) is 3.23. The average Bonchev–Trinajstić information content (AvgIpc) is 2.25. The maximum Gasteiger partial charge on any atom is 0.169 e. The lowest BCUT2D eigenvalue weighted by atomic mass is 9.51. The van der Waals surface area contributed by atoms with Crippen molar-refractivity contribution in [2.24, 2.45) is 5.41 Å². The first-order valence-electron chi connectivity index (χ1n) is 6.67. The van der Waals surface area contributed by atoms with Crippen molar-refractivity contribution >= 4 is 0 Å². The minimum absolute atomic E-state index is 0.140. The number of hydrogen-bond donors (Lipinski definition) is 1. The van der Waals surface area contributed by atoms with Gasteiger partial charge in [0.2, 0.25) is 0 Å². The van der Waals surface area contributed by atoms with Crippen LogP contribution in [0.25, 0.3) is 0 Å². The SMILES string of the molecule is CCOC1CC(NCC(OC)OC)C12CCC2. The van der Waals surface area contributed by atoms with Crippen LogP contribution in [0.2, 0.25) is 0 Å². The summed E-state index contributed by atoms with van der Waals surface area (Å²) in [6, 6.07) is 0.584. The maximum absolute atomic E-state index is 5.82.